The van der Waals surface area contributed by atoms with E-state index in [1.54, 1.807) is 48.5 Å². The Kier molecular flexibility index (Phi) is 10.8. The fraction of sp³-hybridized carbons (Fsp3) is 0.310. The zero-order chi connectivity index (χ0) is 28.4. The summed E-state index contributed by atoms with van der Waals surface area (Å²) < 4.78 is 31.8. The van der Waals surface area contributed by atoms with Crippen molar-refractivity contribution >= 4 is 39.1 Å². The largest absolute Gasteiger partial charge is 0.497 e. The summed E-state index contributed by atoms with van der Waals surface area (Å²) in [5, 5.41) is 3.35. The van der Waals surface area contributed by atoms with Crippen LogP contribution in [-0.4, -0.2) is 57.6 Å². The number of hydrogen-bond donors (Lipinski definition) is 1. The van der Waals surface area contributed by atoms with Crippen LogP contribution in [0.3, 0.4) is 0 Å². The van der Waals surface area contributed by atoms with Gasteiger partial charge in [0.25, 0.3) is 0 Å². The molecular formula is C29H34ClN3O5S. The summed E-state index contributed by atoms with van der Waals surface area (Å²) in [5.41, 5.74) is 1.81. The number of methoxy groups -OCH3 is 1. The molecule has 0 saturated carbocycles. The first-order valence-electron chi connectivity index (χ1n) is 12.6. The van der Waals surface area contributed by atoms with Crippen molar-refractivity contribution in [3.8, 4) is 5.75 Å². The van der Waals surface area contributed by atoms with Gasteiger partial charge in [-0.15, -0.1) is 0 Å². The highest BCUT2D eigenvalue weighted by molar-refractivity contribution is 7.92. The highest BCUT2D eigenvalue weighted by atomic mass is 35.5. The van der Waals surface area contributed by atoms with Crippen LogP contribution in [0.1, 0.15) is 24.5 Å². The van der Waals surface area contributed by atoms with Gasteiger partial charge in [-0.05, 0) is 47.9 Å². The fourth-order valence-corrected chi connectivity index (χ4v) is 5.14. The second-order valence-electron chi connectivity index (χ2n) is 9.08. The first-order valence-corrected chi connectivity index (χ1v) is 14.8. The Labute approximate surface area is 235 Å². The van der Waals surface area contributed by atoms with Gasteiger partial charge in [0.2, 0.25) is 21.8 Å². The molecule has 3 aromatic rings. The van der Waals surface area contributed by atoms with Gasteiger partial charge in [-0.1, -0.05) is 67.1 Å². The Bertz CT molecular complexity index is 1350. The summed E-state index contributed by atoms with van der Waals surface area (Å²) in [6.45, 7) is 1.91. The van der Waals surface area contributed by atoms with E-state index in [1.807, 2.05) is 37.3 Å². The van der Waals surface area contributed by atoms with Gasteiger partial charge in [0.05, 0.1) is 19.1 Å². The van der Waals surface area contributed by atoms with Gasteiger partial charge < -0.3 is 15.0 Å². The van der Waals surface area contributed by atoms with Crippen molar-refractivity contribution in [3.05, 3.63) is 95.0 Å². The van der Waals surface area contributed by atoms with Gasteiger partial charge in [-0.3, -0.25) is 13.9 Å². The van der Waals surface area contributed by atoms with Crippen LogP contribution in [0, 0.1) is 0 Å². The van der Waals surface area contributed by atoms with Crippen molar-refractivity contribution in [1.29, 1.82) is 0 Å². The Hall–Kier alpha value is -3.56. The number of carbonyl (C=O) groups excluding carboxylic acids is 2. The van der Waals surface area contributed by atoms with E-state index in [1.165, 1.54) is 12.0 Å². The number of halogens is 1. The molecule has 1 N–H and O–H groups in total. The van der Waals surface area contributed by atoms with E-state index in [4.69, 9.17) is 16.3 Å². The maximum Gasteiger partial charge on any atom is 0.244 e. The van der Waals surface area contributed by atoms with E-state index in [0.717, 1.165) is 22.5 Å². The van der Waals surface area contributed by atoms with Crippen LogP contribution < -0.4 is 14.4 Å². The maximum absolute atomic E-state index is 14.0. The molecule has 0 aliphatic heterocycles. The van der Waals surface area contributed by atoms with Crippen molar-refractivity contribution in [3.63, 3.8) is 0 Å². The first kappa shape index (κ1) is 30.0. The molecule has 39 heavy (non-hydrogen) atoms. The molecule has 2 amide bonds. The normalized spacial score (nSPS) is 11.9. The van der Waals surface area contributed by atoms with E-state index in [-0.39, 0.29) is 18.9 Å². The predicted molar refractivity (Wildman–Crippen MR) is 154 cm³/mol. The number of benzene rings is 3. The molecule has 3 aromatic carbocycles. The molecule has 8 nitrogen and oxygen atoms in total. The highest BCUT2D eigenvalue weighted by Crippen LogP contribution is 2.24. The van der Waals surface area contributed by atoms with Gasteiger partial charge in [0.15, 0.2) is 0 Å². The second-order valence-corrected chi connectivity index (χ2v) is 11.4. The molecule has 0 heterocycles. The standard InChI is InChI=1S/C29H34ClN3O5S/c1-4-18-31-29(35)27(19-22-10-6-5-7-11-22)32(20-23-12-8-9-13-26(23)30)28(34)21-33(39(3,36)37)24-14-16-25(38-2)17-15-24/h5-17,27H,4,18-21H2,1-3H3,(H,31,35)/t27-/m0/s1. The molecule has 3 rings (SSSR count). The van der Waals surface area contributed by atoms with Crippen LogP contribution >= 0.6 is 11.6 Å². The zero-order valence-corrected chi connectivity index (χ0v) is 23.9. The number of ether oxygens (including phenoxy) is 1. The molecule has 0 saturated heterocycles. The lowest BCUT2D eigenvalue weighted by Crippen LogP contribution is -2.53. The second kappa shape index (κ2) is 14.0. The summed E-state index contributed by atoms with van der Waals surface area (Å²) >= 11 is 6.45. The number of nitrogens with one attached hydrogen (secondary N) is 1. The molecule has 10 heteroatoms. The summed E-state index contributed by atoms with van der Waals surface area (Å²) in [4.78, 5) is 28.9. The van der Waals surface area contributed by atoms with Crippen molar-refractivity contribution in [2.24, 2.45) is 0 Å². The smallest absolute Gasteiger partial charge is 0.244 e. The molecule has 208 valence electrons. The van der Waals surface area contributed by atoms with Crippen molar-refractivity contribution in [1.82, 2.24) is 10.2 Å². The monoisotopic (exact) mass is 571 g/mol. The third kappa shape index (κ3) is 8.46. The highest BCUT2D eigenvalue weighted by Gasteiger charge is 2.33. The topological polar surface area (TPSA) is 96.0 Å². The quantitative estimate of drug-likeness (QED) is 0.330. The number of nitrogens with zero attached hydrogens (tertiary/aromatic N) is 2. The number of carbonyl (C=O) groups is 2. The average Bonchev–Trinajstić information content (AvgIpc) is 2.93. The fourth-order valence-electron chi connectivity index (χ4n) is 4.09. The van der Waals surface area contributed by atoms with Gasteiger partial charge in [0, 0.05) is 24.5 Å². The molecule has 0 radical (unpaired) electrons. The lowest BCUT2D eigenvalue weighted by molar-refractivity contribution is -0.140. The molecule has 0 fully saturated rings. The molecule has 0 aliphatic rings. The molecule has 0 aliphatic carbocycles. The minimum Gasteiger partial charge on any atom is -0.497 e. The van der Waals surface area contributed by atoms with Gasteiger partial charge >= 0.3 is 0 Å². The Balaban J connectivity index is 2.04. The minimum absolute atomic E-state index is 0.0236. The maximum atomic E-state index is 14.0. The summed E-state index contributed by atoms with van der Waals surface area (Å²) in [6, 6.07) is 21.9. The van der Waals surface area contributed by atoms with Crippen molar-refractivity contribution in [2.45, 2.75) is 32.4 Å². The average molecular weight is 572 g/mol. The van der Waals surface area contributed by atoms with Crippen LogP contribution in [0.5, 0.6) is 5.75 Å². The summed E-state index contributed by atoms with van der Waals surface area (Å²) in [5.74, 6) is -0.311. The van der Waals surface area contributed by atoms with E-state index in [9.17, 15) is 18.0 Å². The van der Waals surface area contributed by atoms with E-state index < -0.39 is 28.5 Å². The minimum atomic E-state index is -3.85. The number of hydrogen-bond acceptors (Lipinski definition) is 5. The number of rotatable bonds is 13. The molecule has 0 bridgehead atoms. The SMILES string of the molecule is CCCNC(=O)[C@H](Cc1ccccc1)N(Cc1ccccc1Cl)C(=O)CN(c1ccc(OC)cc1)S(C)(=O)=O. The summed E-state index contributed by atoms with van der Waals surface area (Å²) in [7, 11) is -2.34. The van der Waals surface area contributed by atoms with Crippen molar-refractivity contribution < 1.29 is 22.7 Å². The van der Waals surface area contributed by atoms with Crippen LogP contribution in [0.25, 0.3) is 0 Å². The van der Waals surface area contributed by atoms with Crippen LogP contribution in [0.15, 0.2) is 78.9 Å². The Morgan fingerprint density at radius 2 is 1.62 bits per heavy atom. The lowest BCUT2D eigenvalue weighted by Gasteiger charge is -2.33. The summed E-state index contributed by atoms with van der Waals surface area (Å²) in [6.07, 6.45) is 2.01. The number of anilines is 1. The van der Waals surface area contributed by atoms with Crippen LogP contribution in [0.4, 0.5) is 5.69 Å². The molecule has 1 atom stereocenters. The van der Waals surface area contributed by atoms with E-state index in [2.05, 4.69) is 5.32 Å². The van der Waals surface area contributed by atoms with Crippen molar-refractivity contribution in [2.75, 3.05) is 30.8 Å². The first-order chi connectivity index (χ1) is 18.6. The molecule has 0 unspecified atom stereocenters. The lowest BCUT2D eigenvalue weighted by atomic mass is 10.0. The molecule has 0 spiro atoms. The number of amides is 2. The van der Waals surface area contributed by atoms with E-state index in [0.29, 0.717) is 28.6 Å². The molecule has 0 aromatic heterocycles. The number of sulfonamides is 1. The van der Waals surface area contributed by atoms with Gasteiger partial charge in [0.1, 0.15) is 18.3 Å². The third-order valence-electron chi connectivity index (χ3n) is 6.16. The Morgan fingerprint density at radius 3 is 2.21 bits per heavy atom. The van der Waals surface area contributed by atoms with E-state index >= 15 is 0 Å². The predicted octanol–water partition coefficient (Wildman–Crippen LogP) is 4.28. The van der Waals surface area contributed by atoms with Crippen LogP contribution in [-0.2, 0) is 32.6 Å². The van der Waals surface area contributed by atoms with Crippen LogP contribution in [0.2, 0.25) is 5.02 Å². The van der Waals surface area contributed by atoms with Gasteiger partial charge in [-0.2, -0.15) is 0 Å². The molecular weight excluding hydrogens is 538 g/mol. The van der Waals surface area contributed by atoms with Gasteiger partial charge in [-0.25, -0.2) is 8.42 Å². The zero-order valence-electron chi connectivity index (χ0n) is 22.3. The Morgan fingerprint density at radius 1 is 0.974 bits per heavy atom. The third-order valence-corrected chi connectivity index (χ3v) is 7.67.